The van der Waals surface area contributed by atoms with E-state index in [0.717, 1.165) is 12.2 Å². The molecule has 0 aromatic heterocycles. The number of amides is 1. The third-order valence-corrected chi connectivity index (χ3v) is 5.47. The molecule has 2 aliphatic heterocycles. The molecule has 0 aliphatic carbocycles. The lowest BCUT2D eigenvalue weighted by Gasteiger charge is -2.38. The molecular weight excluding hydrogens is 258 g/mol. The quantitative estimate of drug-likeness (QED) is 0.793. The molecule has 4 heteroatoms. The van der Waals surface area contributed by atoms with Crippen LogP contribution in [-0.4, -0.2) is 33.6 Å². The standard InChI is InChI=1S/C15H19NO2S/c1-15(2)12(16-13(17)10-14(16)19-15)8-9-18-11-6-4-3-5-7-11/h3-7,12,14H,8-10H2,1-2H3/t12-,14+/m0/s1. The zero-order valence-electron chi connectivity index (χ0n) is 11.3. The lowest BCUT2D eigenvalue weighted by molar-refractivity contribution is -0.144. The summed E-state index contributed by atoms with van der Waals surface area (Å²) in [6, 6.07) is 10.2. The Bertz CT molecular complexity index is 474. The van der Waals surface area contributed by atoms with Crippen molar-refractivity contribution < 1.29 is 9.53 Å². The number of fused-ring (bicyclic) bond motifs is 1. The highest BCUT2D eigenvalue weighted by Crippen LogP contribution is 2.51. The van der Waals surface area contributed by atoms with Crippen LogP contribution >= 0.6 is 11.8 Å². The van der Waals surface area contributed by atoms with Crippen molar-refractivity contribution >= 4 is 17.7 Å². The largest absolute Gasteiger partial charge is 0.494 e. The average molecular weight is 277 g/mol. The maximum atomic E-state index is 11.7. The highest BCUT2D eigenvalue weighted by Gasteiger charge is 2.54. The summed E-state index contributed by atoms with van der Waals surface area (Å²) in [5.41, 5.74) is 0. The second-order valence-electron chi connectivity index (χ2n) is 5.65. The zero-order valence-corrected chi connectivity index (χ0v) is 12.2. The van der Waals surface area contributed by atoms with Crippen LogP contribution in [0.25, 0.3) is 0 Å². The minimum atomic E-state index is 0.136. The van der Waals surface area contributed by atoms with Crippen LogP contribution in [0.2, 0.25) is 0 Å². The maximum absolute atomic E-state index is 11.7. The van der Waals surface area contributed by atoms with E-state index in [4.69, 9.17) is 4.74 Å². The van der Waals surface area contributed by atoms with Crippen molar-refractivity contribution in [2.45, 2.75) is 42.9 Å². The predicted molar refractivity (Wildman–Crippen MR) is 77.3 cm³/mol. The first kappa shape index (κ1) is 12.9. The van der Waals surface area contributed by atoms with Gasteiger partial charge >= 0.3 is 0 Å². The second-order valence-corrected chi connectivity index (χ2v) is 7.48. The van der Waals surface area contributed by atoms with E-state index >= 15 is 0 Å². The van der Waals surface area contributed by atoms with Crippen LogP contribution in [-0.2, 0) is 4.79 Å². The van der Waals surface area contributed by atoms with Gasteiger partial charge in [-0.05, 0) is 26.0 Å². The molecular formula is C15H19NO2S. The number of para-hydroxylation sites is 1. The number of hydrogen-bond acceptors (Lipinski definition) is 3. The molecule has 19 heavy (non-hydrogen) atoms. The average Bonchev–Trinajstić information content (AvgIpc) is 2.57. The first-order valence-corrected chi connectivity index (χ1v) is 7.63. The van der Waals surface area contributed by atoms with E-state index in [1.807, 2.05) is 42.1 Å². The SMILES string of the molecule is CC1(C)S[C@@H]2CC(=O)N2[C@H]1CCOc1ccccc1. The number of rotatable bonds is 4. The van der Waals surface area contributed by atoms with Gasteiger partial charge in [-0.3, -0.25) is 4.79 Å². The summed E-state index contributed by atoms with van der Waals surface area (Å²) in [6.45, 7) is 5.13. The fourth-order valence-electron chi connectivity index (χ4n) is 2.93. The maximum Gasteiger partial charge on any atom is 0.226 e. The Morgan fingerprint density at radius 1 is 1.37 bits per heavy atom. The number of benzene rings is 1. The third kappa shape index (κ3) is 2.34. The number of carbonyl (C=O) groups excluding carboxylic acids is 1. The van der Waals surface area contributed by atoms with Gasteiger partial charge in [-0.1, -0.05) is 18.2 Å². The van der Waals surface area contributed by atoms with E-state index in [1.165, 1.54) is 0 Å². The monoisotopic (exact) mass is 277 g/mol. The molecule has 0 N–H and O–H groups in total. The Hall–Kier alpha value is -1.16. The third-order valence-electron chi connectivity index (χ3n) is 3.93. The number of hydrogen-bond donors (Lipinski definition) is 0. The number of nitrogens with zero attached hydrogens (tertiary/aromatic N) is 1. The van der Waals surface area contributed by atoms with E-state index < -0.39 is 0 Å². The van der Waals surface area contributed by atoms with Gasteiger partial charge in [0.2, 0.25) is 5.91 Å². The van der Waals surface area contributed by atoms with E-state index in [2.05, 4.69) is 18.7 Å². The summed E-state index contributed by atoms with van der Waals surface area (Å²) < 4.78 is 5.89. The predicted octanol–water partition coefficient (Wildman–Crippen LogP) is 2.91. The fourth-order valence-corrected chi connectivity index (χ4v) is 4.62. The molecule has 2 heterocycles. The van der Waals surface area contributed by atoms with E-state index in [-0.39, 0.29) is 4.75 Å². The molecule has 0 saturated carbocycles. The van der Waals surface area contributed by atoms with Crippen molar-refractivity contribution in [2.24, 2.45) is 0 Å². The van der Waals surface area contributed by atoms with Gasteiger partial charge in [-0.25, -0.2) is 0 Å². The molecule has 0 spiro atoms. The van der Waals surface area contributed by atoms with Gasteiger partial charge in [0.1, 0.15) is 5.75 Å². The highest BCUT2D eigenvalue weighted by atomic mass is 32.2. The number of thioether (sulfide) groups is 1. The van der Waals surface area contributed by atoms with Crippen molar-refractivity contribution in [2.75, 3.05) is 6.61 Å². The van der Waals surface area contributed by atoms with Crippen LogP contribution < -0.4 is 4.74 Å². The molecule has 0 unspecified atom stereocenters. The van der Waals surface area contributed by atoms with Crippen LogP contribution in [0.3, 0.4) is 0 Å². The molecule has 102 valence electrons. The number of β-lactam (4-membered cyclic amide) rings is 1. The van der Waals surface area contributed by atoms with Crippen molar-refractivity contribution in [1.82, 2.24) is 4.90 Å². The molecule has 3 nitrogen and oxygen atoms in total. The first-order chi connectivity index (χ1) is 9.08. The summed E-state index contributed by atoms with van der Waals surface area (Å²) in [6.07, 6.45) is 1.61. The van der Waals surface area contributed by atoms with Crippen LogP contribution in [0, 0.1) is 0 Å². The molecule has 2 fully saturated rings. The summed E-state index contributed by atoms with van der Waals surface area (Å²) in [5, 5.41) is 0.407. The molecule has 0 radical (unpaired) electrons. The molecule has 1 aromatic rings. The van der Waals surface area contributed by atoms with Gasteiger partial charge in [0.05, 0.1) is 24.4 Å². The smallest absolute Gasteiger partial charge is 0.226 e. The molecule has 1 aromatic carbocycles. The molecule has 2 aliphatic rings. The van der Waals surface area contributed by atoms with Gasteiger partial charge in [0.25, 0.3) is 0 Å². The molecule has 1 amide bonds. The summed E-state index contributed by atoms with van der Waals surface area (Å²) >= 11 is 1.93. The Morgan fingerprint density at radius 2 is 2.11 bits per heavy atom. The highest BCUT2D eigenvalue weighted by molar-refractivity contribution is 8.01. The molecule has 2 saturated heterocycles. The van der Waals surface area contributed by atoms with Crippen molar-refractivity contribution in [3.63, 3.8) is 0 Å². The van der Waals surface area contributed by atoms with Crippen LogP contribution in [0.5, 0.6) is 5.75 Å². The van der Waals surface area contributed by atoms with Crippen molar-refractivity contribution in [1.29, 1.82) is 0 Å². The Labute approximate surface area is 118 Å². The molecule has 2 atom stereocenters. The van der Waals surface area contributed by atoms with Gasteiger partial charge < -0.3 is 9.64 Å². The van der Waals surface area contributed by atoms with Gasteiger partial charge in [-0.2, -0.15) is 0 Å². The topological polar surface area (TPSA) is 29.5 Å². The fraction of sp³-hybridized carbons (Fsp3) is 0.533. The van der Waals surface area contributed by atoms with E-state index in [0.29, 0.717) is 30.4 Å². The zero-order chi connectivity index (χ0) is 13.5. The van der Waals surface area contributed by atoms with Crippen LogP contribution in [0.1, 0.15) is 26.7 Å². The minimum absolute atomic E-state index is 0.136. The van der Waals surface area contributed by atoms with Crippen molar-refractivity contribution in [3.05, 3.63) is 30.3 Å². The Morgan fingerprint density at radius 3 is 2.79 bits per heavy atom. The number of carbonyl (C=O) groups is 1. The Balaban J connectivity index is 1.58. The van der Waals surface area contributed by atoms with E-state index in [1.54, 1.807) is 0 Å². The van der Waals surface area contributed by atoms with E-state index in [9.17, 15) is 4.79 Å². The molecule has 3 rings (SSSR count). The summed E-state index contributed by atoms with van der Waals surface area (Å²) in [4.78, 5) is 13.8. The lowest BCUT2D eigenvalue weighted by Crippen LogP contribution is -2.54. The van der Waals surface area contributed by atoms with Gasteiger partial charge in [0.15, 0.2) is 0 Å². The lowest BCUT2D eigenvalue weighted by atomic mass is 9.95. The van der Waals surface area contributed by atoms with Crippen LogP contribution in [0.15, 0.2) is 30.3 Å². The van der Waals surface area contributed by atoms with Gasteiger partial charge in [-0.15, -0.1) is 11.8 Å². The summed E-state index contributed by atoms with van der Waals surface area (Å²) in [7, 11) is 0. The minimum Gasteiger partial charge on any atom is -0.494 e. The number of ether oxygens (including phenoxy) is 1. The molecule has 0 bridgehead atoms. The first-order valence-electron chi connectivity index (χ1n) is 6.75. The van der Waals surface area contributed by atoms with Crippen molar-refractivity contribution in [3.8, 4) is 5.75 Å². The second kappa shape index (κ2) is 4.75. The van der Waals surface area contributed by atoms with Crippen LogP contribution in [0.4, 0.5) is 0 Å². The Kier molecular flexibility index (Phi) is 3.21. The summed E-state index contributed by atoms with van der Waals surface area (Å²) in [5.74, 6) is 1.20. The normalized spacial score (nSPS) is 27.9. The van der Waals surface area contributed by atoms with Gasteiger partial charge in [0, 0.05) is 11.2 Å².